The molecule has 0 aliphatic heterocycles. The molecule has 0 saturated heterocycles. The van der Waals surface area contributed by atoms with Crippen LogP contribution in [-0.4, -0.2) is 10.6 Å². The summed E-state index contributed by atoms with van der Waals surface area (Å²) < 4.78 is 53.5. The van der Waals surface area contributed by atoms with Crippen LogP contribution in [0.15, 0.2) is 29.5 Å². The molecule has 2 rings (SSSR count). The van der Waals surface area contributed by atoms with Crippen molar-refractivity contribution in [2.24, 2.45) is 5.11 Å². The molecule has 2 aromatic rings. The lowest BCUT2D eigenvalue weighted by Crippen LogP contribution is -2.11. The lowest BCUT2D eigenvalue weighted by atomic mass is 10.1. The van der Waals surface area contributed by atoms with Crippen LogP contribution in [0.1, 0.15) is 12.5 Å². The summed E-state index contributed by atoms with van der Waals surface area (Å²) >= 11 is 0. The first-order chi connectivity index (χ1) is 9.34. The molecule has 0 aliphatic carbocycles. The van der Waals surface area contributed by atoms with Crippen LogP contribution in [-0.2, 0) is 12.7 Å². The van der Waals surface area contributed by atoms with Crippen LogP contribution in [0.4, 0.5) is 17.6 Å². The van der Waals surface area contributed by atoms with Gasteiger partial charge in [0.25, 0.3) is 0 Å². The van der Waals surface area contributed by atoms with Gasteiger partial charge in [-0.25, -0.2) is 4.39 Å². The Bertz CT molecular complexity index is 683. The molecule has 0 amide bonds. The molecule has 0 spiro atoms. The fourth-order valence-corrected chi connectivity index (χ4v) is 2.10. The van der Waals surface area contributed by atoms with Gasteiger partial charge in [-0.3, -0.25) is 0 Å². The number of alkyl halides is 3. The summed E-state index contributed by atoms with van der Waals surface area (Å²) in [5.41, 5.74) is 7.29. The normalized spacial score (nSPS) is 13.2. The van der Waals surface area contributed by atoms with E-state index >= 15 is 0 Å². The van der Waals surface area contributed by atoms with E-state index in [2.05, 4.69) is 10.0 Å². The summed E-state index contributed by atoms with van der Waals surface area (Å²) in [4.78, 5) is 2.64. The van der Waals surface area contributed by atoms with Crippen molar-refractivity contribution in [1.82, 2.24) is 4.57 Å². The lowest BCUT2D eigenvalue weighted by Gasteiger charge is -2.12. The Labute approximate surface area is 111 Å². The third-order valence-electron chi connectivity index (χ3n) is 2.90. The van der Waals surface area contributed by atoms with Gasteiger partial charge in [0.05, 0.1) is 6.04 Å². The van der Waals surface area contributed by atoms with E-state index in [1.165, 1.54) is 22.9 Å². The van der Waals surface area contributed by atoms with E-state index in [9.17, 15) is 17.6 Å². The molecule has 1 aromatic carbocycles. The second-order valence-electron chi connectivity index (χ2n) is 4.37. The zero-order valence-electron chi connectivity index (χ0n) is 10.4. The standard InChI is InChI=1S/C12H10F4N4/c1-7(18-19-17)6-20-5-4-8-10(20)3-2-9(13)11(8)12(14,15)16/h2-5,7H,6H2,1H3/t7-/m0/s1. The first kappa shape index (κ1) is 14.2. The minimum atomic E-state index is -4.76. The van der Waals surface area contributed by atoms with Crippen LogP contribution in [0.2, 0.25) is 0 Å². The average molecular weight is 286 g/mol. The van der Waals surface area contributed by atoms with Crippen molar-refractivity contribution >= 4 is 10.9 Å². The van der Waals surface area contributed by atoms with Crippen molar-refractivity contribution in [3.8, 4) is 0 Å². The van der Waals surface area contributed by atoms with Gasteiger partial charge in [0.2, 0.25) is 0 Å². The quantitative estimate of drug-likeness (QED) is 0.345. The van der Waals surface area contributed by atoms with Gasteiger partial charge in [0.15, 0.2) is 0 Å². The van der Waals surface area contributed by atoms with Gasteiger partial charge in [0.1, 0.15) is 11.4 Å². The molecule has 1 aromatic heterocycles. The smallest absolute Gasteiger partial charge is 0.347 e. The monoisotopic (exact) mass is 286 g/mol. The van der Waals surface area contributed by atoms with Gasteiger partial charge >= 0.3 is 6.18 Å². The Balaban J connectivity index is 2.55. The van der Waals surface area contributed by atoms with E-state index < -0.39 is 23.6 Å². The number of hydrogen-bond acceptors (Lipinski definition) is 1. The number of benzene rings is 1. The predicted molar refractivity (Wildman–Crippen MR) is 65.5 cm³/mol. The van der Waals surface area contributed by atoms with Gasteiger partial charge < -0.3 is 4.57 Å². The molecule has 4 nitrogen and oxygen atoms in total. The van der Waals surface area contributed by atoms with Crippen molar-refractivity contribution in [1.29, 1.82) is 0 Å². The molecule has 20 heavy (non-hydrogen) atoms. The molecule has 1 atom stereocenters. The second kappa shape index (κ2) is 5.05. The maximum Gasteiger partial charge on any atom is 0.419 e. The second-order valence-corrected chi connectivity index (χ2v) is 4.37. The van der Waals surface area contributed by atoms with Crippen molar-refractivity contribution in [3.05, 3.63) is 46.2 Å². The number of azide groups is 1. The molecule has 8 heteroatoms. The SMILES string of the molecule is C[C@@H](Cn1ccc2c(C(F)(F)F)c(F)ccc21)N=[N+]=[N-]. The zero-order chi connectivity index (χ0) is 14.9. The fraction of sp³-hybridized carbons (Fsp3) is 0.333. The highest BCUT2D eigenvalue weighted by Crippen LogP contribution is 2.37. The molecule has 0 N–H and O–H groups in total. The highest BCUT2D eigenvalue weighted by Gasteiger charge is 2.36. The first-order valence-electron chi connectivity index (χ1n) is 5.73. The van der Waals surface area contributed by atoms with E-state index in [1.807, 2.05) is 0 Å². The molecule has 0 aliphatic rings. The number of rotatable bonds is 3. The van der Waals surface area contributed by atoms with E-state index in [0.717, 1.165) is 6.07 Å². The molecular weight excluding hydrogens is 276 g/mol. The maximum absolute atomic E-state index is 13.4. The summed E-state index contributed by atoms with van der Waals surface area (Å²) in [7, 11) is 0. The fourth-order valence-electron chi connectivity index (χ4n) is 2.10. The highest BCUT2D eigenvalue weighted by atomic mass is 19.4. The Morgan fingerprint density at radius 1 is 1.35 bits per heavy atom. The Kier molecular flexibility index (Phi) is 3.59. The summed E-state index contributed by atoms with van der Waals surface area (Å²) in [5.74, 6) is -1.30. The van der Waals surface area contributed by atoms with Crippen LogP contribution < -0.4 is 0 Å². The van der Waals surface area contributed by atoms with Crippen LogP contribution >= 0.6 is 0 Å². The van der Waals surface area contributed by atoms with Crippen molar-refractivity contribution in [3.63, 3.8) is 0 Å². The van der Waals surface area contributed by atoms with Gasteiger partial charge in [-0.15, -0.1) is 0 Å². The molecular formula is C12H10F4N4. The summed E-state index contributed by atoms with van der Waals surface area (Å²) in [6, 6.07) is 2.86. The van der Waals surface area contributed by atoms with E-state index in [0.29, 0.717) is 0 Å². The van der Waals surface area contributed by atoms with E-state index in [1.54, 1.807) is 6.92 Å². The van der Waals surface area contributed by atoms with Gasteiger partial charge in [-0.2, -0.15) is 13.2 Å². The number of aromatic nitrogens is 1. The van der Waals surface area contributed by atoms with Crippen molar-refractivity contribution in [2.75, 3.05) is 0 Å². The third-order valence-corrected chi connectivity index (χ3v) is 2.90. The summed E-state index contributed by atoms with van der Waals surface area (Å²) in [6.07, 6.45) is -3.34. The molecule has 0 saturated carbocycles. The van der Waals surface area contributed by atoms with Crippen molar-refractivity contribution < 1.29 is 17.6 Å². The number of halogens is 4. The Morgan fingerprint density at radius 3 is 2.65 bits per heavy atom. The lowest BCUT2D eigenvalue weighted by molar-refractivity contribution is -0.138. The van der Waals surface area contributed by atoms with Crippen molar-refractivity contribution in [2.45, 2.75) is 25.7 Å². The topological polar surface area (TPSA) is 53.7 Å². The molecule has 0 bridgehead atoms. The number of hydrogen-bond donors (Lipinski definition) is 0. The van der Waals surface area contributed by atoms with Crippen LogP contribution in [0, 0.1) is 5.82 Å². The van der Waals surface area contributed by atoms with Crippen LogP contribution in [0.5, 0.6) is 0 Å². The molecule has 106 valence electrons. The summed E-state index contributed by atoms with van der Waals surface area (Å²) in [6.45, 7) is 1.86. The minimum absolute atomic E-state index is 0.203. The van der Waals surface area contributed by atoms with Gasteiger partial charge in [-0.1, -0.05) is 12.0 Å². The molecule has 0 unspecified atom stereocenters. The largest absolute Gasteiger partial charge is 0.419 e. The minimum Gasteiger partial charge on any atom is -0.347 e. The van der Waals surface area contributed by atoms with Gasteiger partial charge in [0, 0.05) is 28.6 Å². The molecule has 1 heterocycles. The maximum atomic E-state index is 13.4. The number of fused-ring (bicyclic) bond motifs is 1. The molecule has 0 fully saturated rings. The van der Waals surface area contributed by atoms with E-state index in [4.69, 9.17) is 5.53 Å². The zero-order valence-corrected chi connectivity index (χ0v) is 10.4. The summed E-state index contributed by atoms with van der Waals surface area (Å²) in [5, 5.41) is 3.26. The third kappa shape index (κ3) is 2.55. The predicted octanol–water partition coefficient (Wildman–Crippen LogP) is 4.50. The van der Waals surface area contributed by atoms with E-state index in [-0.39, 0.29) is 17.4 Å². The Hall–Kier alpha value is -2.21. The number of nitrogens with zero attached hydrogens (tertiary/aromatic N) is 4. The molecule has 0 radical (unpaired) electrons. The van der Waals surface area contributed by atoms with Gasteiger partial charge in [-0.05, 0) is 23.7 Å². The Morgan fingerprint density at radius 2 is 2.05 bits per heavy atom. The first-order valence-corrected chi connectivity index (χ1v) is 5.73. The highest BCUT2D eigenvalue weighted by molar-refractivity contribution is 5.84. The van der Waals surface area contributed by atoms with Crippen LogP contribution in [0.3, 0.4) is 0 Å². The average Bonchev–Trinajstić information content (AvgIpc) is 2.70. The van der Waals surface area contributed by atoms with Crippen LogP contribution in [0.25, 0.3) is 21.3 Å².